The van der Waals surface area contributed by atoms with E-state index in [9.17, 15) is 27.3 Å². The fraction of sp³-hybridized carbons (Fsp3) is 0.259. The van der Waals surface area contributed by atoms with Gasteiger partial charge in [-0.3, -0.25) is 0 Å². The van der Waals surface area contributed by atoms with Crippen LogP contribution in [0, 0.1) is 6.92 Å². The lowest BCUT2D eigenvalue weighted by Crippen LogP contribution is -2.24. The summed E-state index contributed by atoms with van der Waals surface area (Å²) in [5.74, 6) is -0.765. The van der Waals surface area contributed by atoms with Crippen LogP contribution in [0.2, 0.25) is 10.0 Å². The van der Waals surface area contributed by atoms with Gasteiger partial charge in [0, 0.05) is 16.0 Å². The molecule has 0 fully saturated rings. The number of aromatic nitrogens is 2. The molecule has 2 aromatic carbocycles. The standard InChI is InChI=1S/C27H23Cl2F3N2O4S/c1-14-12-20(27(30,31)32)33-24-17(14)13-19(34(24)39(37)15-8-6-5-7-9-15)23(35)21-18(28)11-10-16(22(21)29)25(36)38-26(2,3)4/h5-13,23,35H,1-4H3. The van der Waals surface area contributed by atoms with E-state index in [1.54, 1.807) is 39.0 Å². The van der Waals surface area contributed by atoms with E-state index < -0.39 is 40.5 Å². The third kappa shape index (κ3) is 5.84. The first-order valence-corrected chi connectivity index (χ1v) is 13.4. The number of benzene rings is 2. The van der Waals surface area contributed by atoms with Crippen molar-refractivity contribution in [1.29, 1.82) is 0 Å². The summed E-state index contributed by atoms with van der Waals surface area (Å²) in [6, 6.07) is 12.9. The van der Waals surface area contributed by atoms with Crippen LogP contribution in [0.1, 0.15) is 59.7 Å². The highest BCUT2D eigenvalue weighted by Crippen LogP contribution is 2.40. The summed E-state index contributed by atoms with van der Waals surface area (Å²) in [5, 5.41) is 11.6. The molecule has 206 valence electrons. The molecule has 2 aromatic heterocycles. The number of fused-ring (bicyclic) bond motifs is 1. The first-order chi connectivity index (χ1) is 18.1. The van der Waals surface area contributed by atoms with Crippen molar-refractivity contribution in [3.8, 4) is 0 Å². The van der Waals surface area contributed by atoms with E-state index in [0.29, 0.717) is 0 Å². The number of hydrogen-bond acceptors (Lipinski definition) is 5. The zero-order chi connectivity index (χ0) is 28.9. The Kier molecular flexibility index (Phi) is 7.88. The van der Waals surface area contributed by atoms with Gasteiger partial charge in [-0.1, -0.05) is 41.4 Å². The third-order valence-electron chi connectivity index (χ3n) is 5.66. The molecule has 0 radical (unpaired) electrons. The Hall–Kier alpha value is -2.92. The second kappa shape index (κ2) is 10.6. The SMILES string of the molecule is Cc1cc(C(F)(F)F)nc2c1cc(C(O)c1c(Cl)ccc(C(=O)OC(C)(C)C)c1Cl)n2S(=O)c1ccccc1. The number of carbonyl (C=O) groups is 1. The molecule has 0 saturated carbocycles. The number of pyridine rings is 1. The number of aliphatic hydroxyl groups excluding tert-OH is 1. The highest BCUT2D eigenvalue weighted by Gasteiger charge is 2.35. The Labute approximate surface area is 234 Å². The van der Waals surface area contributed by atoms with E-state index >= 15 is 0 Å². The van der Waals surface area contributed by atoms with Crippen LogP contribution in [0.15, 0.2) is 59.5 Å². The number of aliphatic hydroxyl groups is 1. The molecule has 12 heteroatoms. The molecule has 2 heterocycles. The topological polar surface area (TPSA) is 81.4 Å². The summed E-state index contributed by atoms with van der Waals surface area (Å²) in [7, 11) is -2.13. The summed E-state index contributed by atoms with van der Waals surface area (Å²) in [5.41, 5.74) is -2.35. The molecule has 0 spiro atoms. The molecule has 6 nitrogen and oxygen atoms in total. The predicted molar refractivity (Wildman–Crippen MR) is 143 cm³/mol. The average molecular weight is 599 g/mol. The lowest BCUT2D eigenvalue weighted by molar-refractivity contribution is -0.141. The second-order valence-corrected chi connectivity index (χ2v) is 11.8. The quantitative estimate of drug-likeness (QED) is 0.244. The van der Waals surface area contributed by atoms with Crippen LogP contribution >= 0.6 is 23.2 Å². The number of ether oxygens (including phenoxy) is 1. The molecule has 0 amide bonds. The van der Waals surface area contributed by atoms with Gasteiger partial charge in [0.25, 0.3) is 0 Å². The van der Waals surface area contributed by atoms with E-state index in [4.69, 9.17) is 27.9 Å². The van der Waals surface area contributed by atoms with Gasteiger partial charge in [-0.25, -0.2) is 18.0 Å². The van der Waals surface area contributed by atoms with E-state index in [1.165, 1.54) is 37.3 Å². The molecular weight excluding hydrogens is 576 g/mol. The summed E-state index contributed by atoms with van der Waals surface area (Å²) in [6.45, 7) is 6.47. The number of rotatable bonds is 5. The van der Waals surface area contributed by atoms with Gasteiger partial charge < -0.3 is 9.84 Å². The minimum absolute atomic E-state index is 0.0252. The van der Waals surface area contributed by atoms with Gasteiger partial charge in [0.1, 0.15) is 17.4 Å². The van der Waals surface area contributed by atoms with E-state index in [-0.39, 0.29) is 48.4 Å². The summed E-state index contributed by atoms with van der Waals surface area (Å²) in [6.07, 6.45) is -6.47. The summed E-state index contributed by atoms with van der Waals surface area (Å²) in [4.78, 5) is 16.8. The molecular formula is C27H23Cl2F3N2O4S. The van der Waals surface area contributed by atoms with Crippen LogP contribution < -0.4 is 0 Å². The molecule has 0 aliphatic carbocycles. The fourth-order valence-corrected chi connectivity index (χ4v) is 5.83. The molecule has 0 saturated heterocycles. The van der Waals surface area contributed by atoms with E-state index in [1.807, 2.05) is 0 Å². The van der Waals surface area contributed by atoms with Crippen LogP contribution in [-0.4, -0.2) is 29.8 Å². The zero-order valence-electron chi connectivity index (χ0n) is 21.1. The maximum absolute atomic E-state index is 13.8. The van der Waals surface area contributed by atoms with Gasteiger partial charge in [-0.15, -0.1) is 0 Å². The van der Waals surface area contributed by atoms with Gasteiger partial charge in [-0.05, 0) is 69.7 Å². The average Bonchev–Trinajstić information content (AvgIpc) is 3.22. The zero-order valence-corrected chi connectivity index (χ0v) is 23.5. The number of alkyl halides is 3. The van der Waals surface area contributed by atoms with Gasteiger partial charge in [0.2, 0.25) is 0 Å². The molecule has 2 unspecified atom stereocenters. The van der Waals surface area contributed by atoms with Gasteiger partial charge in [-0.2, -0.15) is 13.2 Å². The molecule has 0 aliphatic heterocycles. The van der Waals surface area contributed by atoms with Gasteiger partial charge in [0.05, 0.1) is 21.2 Å². The first kappa shape index (κ1) is 29.1. The highest BCUT2D eigenvalue weighted by atomic mass is 35.5. The van der Waals surface area contributed by atoms with Crippen molar-refractivity contribution in [2.24, 2.45) is 0 Å². The van der Waals surface area contributed by atoms with Crippen molar-refractivity contribution in [2.75, 3.05) is 0 Å². The van der Waals surface area contributed by atoms with E-state index in [0.717, 1.165) is 10.0 Å². The predicted octanol–water partition coefficient (Wildman–Crippen LogP) is 7.28. The second-order valence-electron chi connectivity index (χ2n) is 9.71. The largest absolute Gasteiger partial charge is 0.456 e. The minimum Gasteiger partial charge on any atom is -0.456 e. The van der Waals surface area contributed by atoms with Crippen molar-refractivity contribution >= 4 is 51.2 Å². The number of hydrogen-bond donors (Lipinski definition) is 1. The van der Waals surface area contributed by atoms with E-state index in [2.05, 4.69) is 4.98 Å². The Morgan fingerprint density at radius 3 is 2.31 bits per heavy atom. The van der Waals surface area contributed by atoms with Crippen LogP contribution in [-0.2, 0) is 21.9 Å². The fourth-order valence-electron chi connectivity index (χ4n) is 3.94. The maximum Gasteiger partial charge on any atom is 0.433 e. The van der Waals surface area contributed by atoms with Crippen LogP contribution in [0.3, 0.4) is 0 Å². The molecule has 2 atom stereocenters. The van der Waals surface area contributed by atoms with Crippen molar-refractivity contribution in [3.63, 3.8) is 0 Å². The van der Waals surface area contributed by atoms with Crippen LogP contribution in [0.25, 0.3) is 11.0 Å². The Morgan fingerprint density at radius 2 is 1.72 bits per heavy atom. The molecule has 1 N–H and O–H groups in total. The van der Waals surface area contributed by atoms with Crippen molar-refractivity contribution in [1.82, 2.24) is 8.96 Å². The lowest BCUT2D eigenvalue weighted by Gasteiger charge is -2.22. The number of aryl methyl sites for hydroxylation is 1. The minimum atomic E-state index is -4.77. The maximum atomic E-state index is 13.8. The summed E-state index contributed by atoms with van der Waals surface area (Å²) >= 11 is 13.0. The van der Waals surface area contributed by atoms with Crippen LogP contribution in [0.5, 0.6) is 0 Å². The van der Waals surface area contributed by atoms with Crippen molar-refractivity contribution < 1.29 is 32.0 Å². The van der Waals surface area contributed by atoms with Crippen molar-refractivity contribution in [3.05, 3.63) is 92.7 Å². The Bertz CT molecular complexity index is 1600. The smallest absolute Gasteiger partial charge is 0.433 e. The van der Waals surface area contributed by atoms with Crippen molar-refractivity contribution in [2.45, 2.75) is 50.5 Å². The third-order valence-corrected chi connectivity index (χ3v) is 7.79. The molecule has 0 aliphatic rings. The molecule has 0 bridgehead atoms. The number of nitrogens with zero attached hydrogens (tertiary/aromatic N) is 2. The first-order valence-electron chi connectivity index (χ1n) is 11.6. The molecule has 4 aromatic rings. The number of esters is 1. The monoisotopic (exact) mass is 598 g/mol. The molecule has 39 heavy (non-hydrogen) atoms. The lowest BCUT2D eigenvalue weighted by atomic mass is 10.0. The van der Waals surface area contributed by atoms with Gasteiger partial charge >= 0.3 is 12.1 Å². The highest BCUT2D eigenvalue weighted by molar-refractivity contribution is 7.83. The normalized spacial score (nSPS) is 13.9. The number of halogens is 5. The summed E-state index contributed by atoms with van der Waals surface area (Å²) < 4.78 is 61.1. The van der Waals surface area contributed by atoms with Crippen LogP contribution in [0.4, 0.5) is 13.2 Å². The Morgan fingerprint density at radius 1 is 1.08 bits per heavy atom. The Balaban J connectivity index is 1.98. The molecule has 4 rings (SSSR count). The van der Waals surface area contributed by atoms with Gasteiger partial charge in [0.15, 0.2) is 16.6 Å². The number of carbonyl (C=O) groups excluding carboxylic acids is 1.